The van der Waals surface area contributed by atoms with Crippen molar-refractivity contribution in [3.63, 3.8) is 0 Å². The van der Waals surface area contributed by atoms with Crippen LogP contribution in [0.2, 0.25) is 0 Å². The van der Waals surface area contributed by atoms with Crippen molar-refractivity contribution in [1.82, 2.24) is 4.90 Å². The normalized spacial score (nSPS) is 15.2. The lowest BCUT2D eigenvalue weighted by molar-refractivity contribution is 0.225. The molecule has 3 nitrogen and oxygen atoms in total. The molecular weight excluding hydrogens is 224 g/mol. The second-order valence-electron chi connectivity index (χ2n) is 4.96. The Morgan fingerprint density at radius 1 is 1.11 bits per heavy atom. The molecule has 0 atom stereocenters. The number of anilines is 1. The average molecular weight is 242 g/mol. The number of hydrogen-bond acceptors (Lipinski definition) is 3. The number of nitrogens with zero attached hydrogens (tertiary/aromatic N) is 1. The van der Waals surface area contributed by atoms with Crippen molar-refractivity contribution >= 4 is 5.69 Å². The Bertz CT molecular complexity index is 486. The van der Waals surface area contributed by atoms with Gasteiger partial charge in [0.05, 0.1) is 12.8 Å². The summed E-state index contributed by atoms with van der Waals surface area (Å²) in [4.78, 5) is 2.48. The van der Waals surface area contributed by atoms with Gasteiger partial charge in [-0.3, -0.25) is 4.90 Å². The quantitative estimate of drug-likeness (QED) is 0.819. The van der Waals surface area contributed by atoms with E-state index in [1.807, 2.05) is 24.3 Å². The Hall–Kier alpha value is -1.74. The van der Waals surface area contributed by atoms with Gasteiger partial charge in [0, 0.05) is 18.3 Å². The molecule has 3 heteroatoms. The molecular formula is C15H18N2O. The number of hydrogen-bond donors (Lipinski definition) is 1. The van der Waals surface area contributed by atoms with Crippen LogP contribution in [0.5, 0.6) is 0 Å². The lowest BCUT2D eigenvalue weighted by Crippen LogP contribution is -2.24. The Kier molecular flexibility index (Phi) is 3.07. The summed E-state index contributed by atoms with van der Waals surface area (Å²) >= 11 is 0. The van der Waals surface area contributed by atoms with Crippen LogP contribution < -0.4 is 5.73 Å². The van der Waals surface area contributed by atoms with Gasteiger partial charge in [0.1, 0.15) is 5.76 Å². The van der Waals surface area contributed by atoms with Crippen molar-refractivity contribution in [2.45, 2.75) is 32.0 Å². The van der Waals surface area contributed by atoms with Gasteiger partial charge >= 0.3 is 0 Å². The van der Waals surface area contributed by atoms with E-state index in [0.717, 1.165) is 24.5 Å². The molecule has 2 aromatic rings. The summed E-state index contributed by atoms with van der Waals surface area (Å²) in [6, 6.07) is 12.8. The first-order chi connectivity index (χ1) is 8.81. The summed E-state index contributed by atoms with van der Waals surface area (Å²) in [7, 11) is 0. The number of nitrogens with two attached hydrogens (primary N) is 1. The van der Waals surface area contributed by atoms with Crippen LogP contribution in [-0.2, 0) is 13.1 Å². The molecule has 1 aliphatic rings. The van der Waals surface area contributed by atoms with Crippen molar-refractivity contribution in [1.29, 1.82) is 0 Å². The molecule has 0 radical (unpaired) electrons. The molecule has 0 unspecified atom stereocenters. The minimum Gasteiger partial charge on any atom is -0.468 e. The molecule has 0 spiro atoms. The summed E-state index contributed by atoms with van der Waals surface area (Å²) in [5.74, 6) is 1.04. The smallest absolute Gasteiger partial charge is 0.117 e. The maximum absolute atomic E-state index is 5.71. The fraction of sp³-hybridized carbons (Fsp3) is 0.333. The maximum atomic E-state index is 5.71. The van der Waals surface area contributed by atoms with Crippen molar-refractivity contribution in [2.75, 3.05) is 5.73 Å². The zero-order valence-electron chi connectivity index (χ0n) is 10.4. The summed E-state index contributed by atoms with van der Waals surface area (Å²) in [5, 5.41) is 0. The third-order valence-electron chi connectivity index (χ3n) is 3.37. The molecule has 1 aliphatic carbocycles. The minimum absolute atomic E-state index is 0.715. The van der Waals surface area contributed by atoms with E-state index >= 15 is 0 Å². The van der Waals surface area contributed by atoms with Gasteiger partial charge in [-0.1, -0.05) is 12.1 Å². The Balaban J connectivity index is 1.68. The van der Waals surface area contributed by atoms with Crippen LogP contribution in [0.3, 0.4) is 0 Å². The number of nitrogen functional groups attached to an aromatic ring is 1. The molecule has 1 saturated carbocycles. The second-order valence-corrected chi connectivity index (χ2v) is 4.96. The fourth-order valence-corrected chi connectivity index (χ4v) is 2.21. The van der Waals surface area contributed by atoms with E-state index in [4.69, 9.17) is 10.2 Å². The molecule has 3 rings (SSSR count). The van der Waals surface area contributed by atoms with E-state index < -0.39 is 0 Å². The highest BCUT2D eigenvalue weighted by atomic mass is 16.3. The topological polar surface area (TPSA) is 42.4 Å². The third-order valence-corrected chi connectivity index (χ3v) is 3.37. The standard InChI is InChI=1S/C15H18N2O/c16-13-5-3-12(4-6-13)10-17(14-7-8-14)11-15-2-1-9-18-15/h1-6,9,14H,7-8,10-11,16H2. The van der Waals surface area contributed by atoms with E-state index in [9.17, 15) is 0 Å². The summed E-state index contributed by atoms with van der Waals surface area (Å²) in [6.45, 7) is 1.85. The van der Waals surface area contributed by atoms with Crippen LogP contribution in [0.4, 0.5) is 5.69 Å². The van der Waals surface area contributed by atoms with Crippen LogP contribution in [0, 0.1) is 0 Å². The lowest BCUT2D eigenvalue weighted by atomic mass is 10.2. The molecule has 1 fully saturated rings. The lowest BCUT2D eigenvalue weighted by Gasteiger charge is -2.20. The van der Waals surface area contributed by atoms with Gasteiger partial charge in [-0.2, -0.15) is 0 Å². The van der Waals surface area contributed by atoms with Gasteiger partial charge in [-0.15, -0.1) is 0 Å². The van der Waals surface area contributed by atoms with Crippen LogP contribution >= 0.6 is 0 Å². The second kappa shape index (κ2) is 4.86. The molecule has 0 aliphatic heterocycles. The Morgan fingerprint density at radius 2 is 1.89 bits per heavy atom. The molecule has 1 aromatic carbocycles. The van der Waals surface area contributed by atoms with Crippen molar-refractivity contribution in [3.05, 3.63) is 54.0 Å². The number of rotatable bonds is 5. The molecule has 1 heterocycles. The molecule has 0 saturated heterocycles. The zero-order valence-corrected chi connectivity index (χ0v) is 10.4. The van der Waals surface area contributed by atoms with Gasteiger partial charge in [0.2, 0.25) is 0 Å². The summed E-state index contributed by atoms with van der Waals surface area (Å²) in [5.41, 5.74) is 7.84. The van der Waals surface area contributed by atoms with Gasteiger partial charge in [0.15, 0.2) is 0 Å². The van der Waals surface area contributed by atoms with Gasteiger partial charge in [-0.05, 0) is 42.7 Å². The third kappa shape index (κ3) is 2.74. The molecule has 94 valence electrons. The maximum Gasteiger partial charge on any atom is 0.117 e. The molecule has 0 bridgehead atoms. The Morgan fingerprint density at radius 3 is 2.50 bits per heavy atom. The zero-order chi connectivity index (χ0) is 12.4. The first kappa shape index (κ1) is 11.4. The SMILES string of the molecule is Nc1ccc(CN(Cc2ccco2)C2CC2)cc1. The molecule has 18 heavy (non-hydrogen) atoms. The van der Waals surface area contributed by atoms with Gasteiger partial charge < -0.3 is 10.2 Å². The van der Waals surface area contributed by atoms with Crippen LogP contribution in [-0.4, -0.2) is 10.9 Å². The highest BCUT2D eigenvalue weighted by Crippen LogP contribution is 2.30. The molecule has 2 N–H and O–H groups in total. The highest BCUT2D eigenvalue weighted by Gasteiger charge is 2.29. The van der Waals surface area contributed by atoms with E-state index in [1.54, 1.807) is 6.26 Å². The monoisotopic (exact) mass is 242 g/mol. The van der Waals surface area contributed by atoms with E-state index in [0.29, 0.717) is 6.04 Å². The largest absolute Gasteiger partial charge is 0.468 e. The number of benzene rings is 1. The highest BCUT2D eigenvalue weighted by molar-refractivity contribution is 5.39. The van der Waals surface area contributed by atoms with E-state index in [-0.39, 0.29) is 0 Å². The summed E-state index contributed by atoms with van der Waals surface area (Å²) in [6.07, 6.45) is 4.34. The fourth-order valence-electron chi connectivity index (χ4n) is 2.21. The molecule has 0 amide bonds. The van der Waals surface area contributed by atoms with Crippen LogP contribution in [0.25, 0.3) is 0 Å². The first-order valence-electron chi connectivity index (χ1n) is 6.42. The van der Waals surface area contributed by atoms with Crippen molar-refractivity contribution in [2.24, 2.45) is 0 Å². The van der Waals surface area contributed by atoms with Crippen molar-refractivity contribution < 1.29 is 4.42 Å². The first-order valence-corrected chi connectivity index (χ1v) is 6.42. The Labute approximate surface area is 107 Å². The van der Waals surface area contributed by atoms with Crippen molar-refractivity contribution in [3.8, 4) is 0 Å². The predicted molar refractivity (Wildman–Crippen MR) is 71.8 cm³/mol. The van der Waals surface area contributed by atoms with Crippen LogP contribution in [0.15, 0.2) is 47.1 Å². The van der Waals surface area contributed by atoms with Crippen LogP contribution in [0.1, 0.15) is 24.2 Å². The van der Waals surface area contributed by atoms with E-state index in [2.05, 4.69) is 17.0 Å². The average Bonchev–Trinajstić information content (AvgIpc) is 3.10. The number of furan rings is 1. The molecule has 1 aromatic heterocycles. The summed E-state index contributed by atoms with van der Waals surface area (Å²) < 4.78 is 5.44. The van der Waals surface area contributed by atoms with Gasteiger partial charge in [0.25, 0.3) is 0 Å². The predicted octanol–water partition coefficient (Wildman–Crippen LogP) is 3.03. The minimum atomic E-state index is 0.715. The van der Waals surface area contributed by atoms with E-state index in [1.165, 1.54) is 18.4 Å². The van der Waals surface area contributed by atoms with Gasteiger partial charge in [-0.25, -0.2) is 0 Å².